The molecule has 0 spiro atoms. The van der Waals surface area contributed by atoms with E-state index in [0.717, 1.165) is 24.3 Å². The average molecular weight is 330 g/mol. The summed E-state index contributed by atoms with van der Waals surface area (Å²) in [6.45, 7) is 3.00. The van der Waals surface area contributed by atoms with Crippen molar-refractivity contribution in [3.05, 3.63) is 50.1 Å². The molecule has 2 aromatic rings. The molecule has 0 aliphatic carbocycles. The summed E-state index contributed by atoms with van der Waals surface area (Å²) in [6, 6.07) is 7.95. The van der Waals surface area contributed by atoms with E-state index in [4.69, 9.17) is 27.9 Å². The second kappa shape index (κ2) is 7.32. The topological polar surface area (TPSA) is 21.3 Å². The first-order valence-corrected chi connectivity index (χ1v) is 8.07. The van der Waals surface area contributed by atoms with Crippen LogP contribution in [0.3, 0.4) is 0 Å². The highest BCUT2D eigenvalue weighted by Gasteiger charge is 2.15. The van der Waals surface area contributed by atoms with Crippen LogP contribution < -0.4 is 10.1 Å². The summed E-state index contributed by atoms with van der Waals surface area (Å²) in [7, 11) is 1.68. The predicted octanol–water partition coefficient (Wildman–Crippen LogP) is 4.96. The van der Waals surface area contributed by atoms with Crippen LogP contribution in [0.5, 0.6) is 5.75 Å². The molecule has 0 saturated carbocycles. The molecule has 1 unspecified atom stereocenters. The maximum absolute atomic E-state index is 6.26. The molecule has 0 aliphatic rings. The third-order valence-electron chi connectivity index (χ3n) is 3.06. The Labute approximate surface area is 133 Å². The van der Waals surface area contributed by atoms with Crippen molar-refractivity contribution in [3.8, 4) is 5.75 Å². The lowest BCUT2D eigenvalue weighted by Crippen LogP contribution is -2.22. The molecule has 0 amide bonds. The lowest BCUT2D eigenvalue weighted by Gasteiger charge is -2.17. The van der Waals surface area contributed by atoms with Crippen LogP contribution in [0.1, 0.15) is 23.4 Å². The van der Waals surface area contributed by atoms with Crippen LogP contribution >= 0.6 is 34.5 Å². The van der Waals surface area contributed by atoms with E-state index in [-0.39, 0.29) is 6.04 Å². The summed E-state index contributed by atoms with van der Waals surface area (Å²) in [5.74, 6) is 0.898. The summed E-state index contributed by atoms with van der Waals surface area (Å²) in [4.78, 5) is 1.25. The SMILES string of the molecule is CCNC(Cc1ccc(Cl)cc1Cl)c1cc(OC)cs1. The number of thiophene rings is 1. The maximum atomic E-state index is 6.26. The van der Waals surface area contributed by atoms with Gasteiger partial charge in [0.15, 0.2) is 0 Å². The number of nitrogens with one attached hydrogen (secondary N) is 1. The van der Waals surface area contributed by atoms with Crippen LogP contribution in [-0.4, -0.2) is 13.7 Å². The van der Waals surface area contributed by atoms with Gasteiger partial charge in [-0.2, -0.15) is 0 Å². The summed E-state index contributed by atoms with van der Waals surface area (Å²) in [5.41, 5.74) is 1.09. The Balaban J connectivity index is 2.20. The molecule has 1 heterocycles. The molecule has 0 aliphatic heterocycles. The number of benzene rings is 1. The van der Waals surface area contributed by atoms with Gasteiger partial charge in [0.2, 0.25) is 0 Å². The van der Waals surface area contributed by atoms with E-state index in [0.29, 0.717) is 10.0 Å². The molecule has 0 saturated heterocycles. The maximum Gasteiger partial charge on any atom is 0.129 e. The van der Waals surface area contributed by atoms with E-state index >= 15 is 0 Å². The van der Waals surface area contributed by atoms with E-state index in [1.807, 2.05) is 17.5 Å². The Bertz CT molecular complexity index is 571. The molecule has 20 heavy (non-hydrogen) atoms. The van der Waals surface area contributed by atoms with Gasteiger partial charge in [0.1, 0.15) is 5.75 Å². The fourth-order valence-corrected chi connectivity index (χ4v) is 3.47. The number of methoxy groups -OCH3 is 1. The Morgan fingerprint density at radius 2 is 2.10 bits per heavy atom. The zero-order valence-electron chi connectivity index (χ0n) is 11.5. The van der Waals surface area contributed by atoms with Gasteiger partial charge in [0.05, 0.1) is 7.11 Å². The minimum absolute atomic E-state index is 0.229. The standard InChI is InChI=1S/C15H17Cl2NOS/c1-3-18-14(15-8-12(19-2)9-20-15)6-10-4-5-11(16)7-13(10)17/h4-5,7-9,14,18H,3,6H2,1-2H3. The molecule has 1 atom stereocenters. The van der Waals surface area contributed by atoms with Crippen molar-refractivity contribution < 1.29 is 4.74 Å². The average Bonchev–Trinajstić information content (AvgIpc) is 2.90. The monoisotopic (exact) mass is 329 g/mol. The number of rotatable bonds is 6. The predicted molar refractivity (Wildman–Crippen MR) is 87.5 cm³/mol. The van der Waals surface area contributed by atoms with Crippen molar-refractivity contribution in [1.29, 1.82) is 0 Å². The normalized spacial score (nSPS) is 12.4. The Kier molecular flexibility index (Phi) is 5.73. The van der Waals surface area contributed by atoms with Gasteiger partial charge in [0, 0.05) is 26.3 Å². The van der Waals surface area contributed by atoms with E-state index in [1.165, 1.54) is 4.88 Å². The molecule has 1 N–H and O–H groups in total. The summed E-state index contributed by atoms with van der Waals surface area (Å²) in [6.07, 6.45) is 0.827. The molecular formula is C15H17Cl2NOS. The molecule has 0 bridgehead atoms. The molecular weight excluding hydrogens is 313 g/mol. The second-order valence-corrected chi connectivity index (χ2v) is 6.23. The third-order valence-corrected chi connectivity index (χ3v) is 4.68. The van der Waals surface area contributed by atoms with E-state index in [2.05, 4.69) is 18.3 Å². The zero-order chi connectivity index (χ0) is 14.5. The minimum atomic E-state index is 0.229. The van der Waals surface area contributed by atoms with Gasteiger partial charge in [0.25, 0.3) is 0 Å². The molecule has 2 rings (SSSR count). The first-order valence-electron chi connectivity index (χ1n) is 6.43. The first-order chi connectivity index (χ1) is 9.63. The van der Waals surface area contributed by atoms with Crippen LogP contribution in [0.2, 0.25) is 10.0 Å². The van der Waals surface area contributed by atoms with E-state index < -0.39 is 0 Å². The van der Waals surface area contributed by atoms with Crippen molar-refractivity contribution in [2.24, 2.45) is 0 Å². The largest absolute Gasteiger partial charge is 0.496 e. The van der Waals surface area contributed by atoms with Crippen molar-refractivity contribution in [2.45, 2.75) is 19.4 Å². The third kappa shape index (κ3) is 3.89. The van der Waals surface area contributed by atoms with Gasteiger partial charge in [-0.1, -0.05) is 36.2 Å². The molecule has 0 radical (unpaired) electrons. The highest BCUT2D eigenvalue weighted by Crippen LogP contribution is 2.31. The highest BCUT2D eigenvalue weighted by atomic mass is 35.5. The van der Waals surface area contributed by atoms with Crippen LogP contribution in [0.15, 0.2) is 29.6 Å². The molecule has 1 aromatic heterocycles. The number of likely N-dealkylation sites (N-methyl/N-ethyl adjacent to an activating group) is 1. The quantitative estimate of drug-likeness (QED) is 0.808. The fourth-order valence-electron chi connectivity index (χ4n) is 2.05. The van der Waals surface area contributed by atoms with Crippen molar-refractivity contribution >= 4 is 34.5 Å². The number of hydrogen-bond acceptors (Lipinski definition) is 3. The number of hydrogen-bond donors (Lipinski definition) is 1. The number of halogens is 2. The van der Waals surface area contributed by atoms with Crippen molar-refractivity contribution in [2.75, 3.05) is 13.7 Å². The van der Waals surface area contributed by atoms with Crippen LogP contribution in [-0.2, 0) is 6.42 Å². The van der Waals surface area contributed by atoms with Gasteiger partial charge >= 0.3 is 0 Å². The smallest absolute Gasteiger partial charge is 0.129 e. The lowest BCUT2D eigenvalue weighted by molar-refractivity contribution is 0.415. The summed E-state index contributed by atoms with van der Waals surface area (Å²) >= 11 is 13.9. The Morgan fingerprint density at radius 3 is 2.70 bits per heavy atom. The molecule has 2 nitrogen and oxygen atoms in total. The van der Waals surface area contributed by atoms with Crippen LogP contribution in [0, 0.1) is 0 Å². The fraction of sp³-hybridized carbons (Fsp3) is 0.333. The van der Waals surface area contributed by atoms with Crippen LogP contribution in [0.25, 0.3) is 0 Å². The van der Waals surface area contributed by atoms with Gasteiger partial charge in [-0.15, -0.1) is 11.3 Å². The van der Waals surface area contributed by atoms with Gasteiger partial charge < -0.3 is 10.1 Å². The van der Waals surface area contributed by atoms with Gasteiger partial charge in [-0.25, -0.2) is 0 Å². The first kappa shape index (κ1) is 15.6. The van der Waals surface area contributed by atoms with Crippen molar-refractivity contribution in [3.63, 3.8) is 0 Å². The highest BCUT2D eigenvalue weighted by molar-refractivity contribution is 7.10. The van der Waals surface area contributed by atoms with E-state index in [9.17, 15) is 0 Å². The Morgan fingerprint density at radius 1 is 1.30 bits per heavy atom. The molecule has 5 heteroatoms. The number of ether oxygens (including phenoxy) is 1. The minimum Gasteiger partial charge on any atom is -0.496 e. The molecule has 108 valence electrons. The zero-order valence-corrected chi connectivity index (χ0v) is 13.8. The molecule has 0 fully saturated rings. The Hall–Kier alpha value is -0.740. The van der Waals surface area contributed by atoms with Crippen LogP contribution in [0.4, 0.5) is 0 Å². The van der Waals surface area contributed by atoms with Crippen molar-refractivity contribution in [1.82, 2.24) is 5.32 Å². The van der Waals surface area contributed by atoms with Gasteiger partial charge in [-0.3, -0.25) is 0 Å². The lowest BCUT2D eigenvalue weighted by atomic mass is 10.0. The second-order valence-electron chi connectivity index (χ2n) is 4.44. The van der Waals surface area contributed by atoms with Gasteiger partial charge in [-0.05, 0) is 36.7 Å². The summed E-state index contributed by atoms with van der Waals surface area (Å²) < 4.78 is 5.25. The molecule has 1 aromatic carbocycles. The summed E-state index contributed by atoms with van der Waals surface area (Å²) in [5, 5.41) is 6.88. The van der Waals surface area contributed by atoms with E-state index in [1.54, 1.807) is 24.5 Å².